The molecule has 0 aliphatic rings. The van der Waals surface area contributed by atoms with Gasteiger partial charge in [-0.1, -0.05) is 30.3 Å². The summed E-state index contributed by atoms with van der Waals surface area (Å²) in [4.78, 5) is 16.9. The molecule has 5 heteroatoms. The number of carbonyl (C=O) groups is 1. The summed E-state index contributed by atoms with van der Waals surface area (Å²) in [7, 11) is 1.79. The molecule has 0 spiro atoms. The van der Waals surface area contributed by atoms with Gasteiger partial charge in [0.05, 0.1) is 17.8 Å². The van der Waals surface area contributed by atoms with Crippen LogP contribution in [0, 0.1) is 6.92 Å². The third-order valence-corrected chi connectivity index (χ3v) is 4.07. The van der Waals surface area contributed by atoms with E-state index < -0.39 is 0 Å². The van der Waals surface area contributed by atoms with E-state index in [1.165, 1.54) is 11.3 Å². The summed E-state index contributed by atoms with van der Waals surface area (Å²) in [6, 6.07) is 11.8. The van der Waals surface area contributed by atoms with E-state index in [9.17, 15) is 4.79 Å². The smallest absolute Gasteiger partial charge is 0.187 e. The Labute approximate surface area is 127 Å². The molecule has 106 valence electrons. The minimum atomic E-state index is 0.0482. The van der Waals surface area contributed by atoms with Gasteiger partial charge in [-0.2, -0.15) is 5.10 Å². The number of Topliss-reactive ketones (excluding diaryl/α,β-unsaturated/α-hetero) is 1. The minimum absolute atomic E-state index is 0.0482. The molecule has 0 amide bonds. The Morgan fingerprint density at radius 1 is 1.29 bits per heavy atom. The summed E-state index contributed by atoms with van der Waals surface area (Å²) in [5.74, 6) is 0.0482. The third-order valence-electron chi connectivity index (χ3n) is 3.22. The third kappa shape index (κ3) is 2.92. The quantitative estimate of drug-likeness (QED) is 0.694. The first-order valence-electron chi connectivity index (χ1n) is 6.67. The summed E-state index contributed by atoms with van der Waals surface area (Å²) >= 11 is 1.52. The van der Waals surface area contributed by atoms with Gasteiger partial charge in [-0.3, -0.25) is 9.48 Å². The van der Waals surface area contributed by atoms with Gasteiger partial charge in [0.2, 0.25) is 0 Å². The lowest BCUT2D eigenvalue weighted by Gasteiger charge is -1.99. The second kappa shape index (κ2) is 5.61. The number of thiazole rings is 1. The van der Waals surface area contributed by atoms with E-state index >= 15 is 0 Å². The largest absolute Gasteiger partial charge is 0.292 e. The molecule has 0 aliphatic heterocycles. The van der Waals surface area contributed by atoms with Gasteiger partial charge < -0.3 is 0 Å². The molecule has 21 heavy (non-hydrogen) atoms. The Kier molecular flexibility index (Phi) is 3.66. The first kappa shape index (κ1) is 13.7. The van der Waals surface area contributed by atoms with Crippen LogP contribution < -0.4 is 0 Å². The van der Waals surface area contributed by atoms with Crippen LogP contribution in [-0.2, 0) is 13.5 Å². The van der Waals surface area contributed by atoms with E-state index in [1.807, 2.05) is 48.7 Å². The van der Waals surface area contributed by atoms with Crippen LogP contribution >= 0.6 is 11.3 Å². The van der Waals surface area contributed by atoms with Crippen LogP contribution in [0.25, 0.3) is 11.3 Å². The Morgan fingerprint density at radius 3 is 2.71 bits per heavy atom. The lowest BCUT2D eigenvalue weighted by Crippen LogP contribution is -2.09. The maximum absolute atomic E-state index is 12.3. The predicted octanol–water partition coefficient (Wildman–Crippen LogP) is 3.28. The van der Waals surface area contributed by atoms with E-state index in [2.05, 4.69) is 10.1 Å². The van der Waals surface area contributed by atoms with Gasteiger partial charge >= 0.3 is 0 Å². The second-order valence-corrected chi connectivity index (χ2v) is 5.83. The van der Waals surface area contributed by atoms with Crippen molar-refractivity contribution in [3.63, 3.8) is 0 Å². The fourth-order valence-corrected chi connectivity index (χ4v) is 3.04. The SMILES string of the molecule is Cc1cc(C(=O)Cc2nc(-c3ccccc3)cs2)n(C)n1. The van der Waals surface area contributed by atoms with Crippen molar-refractivity contribution in [2.24, 2.45) is 7.05 Å². The highest BCUT2D eigenvalue weighted by atomic mass is 32.1. The van der Waals surface area contributed by atoms with Crippen LogP contribution in [0.15, 0.2) is 41.8 Å². The van der Waals surface area contributed by atoms with Crippen molar-refractivity contribution in [3.8, 4) is 11.3 Å². The molecular formula is C16H15N3OS. The van der Waals surface area contributed by atoms with Gasteiger partial charge in [-0.05, 0) is 13.0 Å². The number of hydrogen-bond acceptors (Lipinski definition) is 4. The van der Waals surface area contributed by atoms with Crippen LogP contribution in [-0.4, -0.2) is 20.5 Å². The van der Waals surface area contributed by atoms with Gasteiger partial charge in [0.15, 0.2) is 5.78 Å². The lowest BCUT2D eigenvalue weighted by molar-refractivity contribution is 0.0984. The summed E-state index contributed by atoms with van der Waals surface area (Å²) in [6.45, 7) is 1.88. The molecule has 1 aromatic carbocycles. The average Bonchev–Trinajstić information content (AvgIpc) is 3.06. The second-order valence-electron chi connectivity index (χ2n) is 4.89. The number of hydrogen-bond donors (Lipinski definition) is 0. The van der Waals surface area contributed by atoms with Crippen molar-refractivity contribution < 1.29 is 4.79 Å². The van der Waals surface area contributed by atoms with Crippen molar-refractivity contribution in [1.82, 2.24) is 14.8 Å². The highest BCUT2D eigenvalue weighted by molar-refractivity contribution is 7.10. The topological polar surface area (TPSA) is 47.8 Å². The Morgan fingerprint density at radius 2 is 2.05 bits per heavy atom. The molecule has 4 nitrogen and oxygen atoms in total. The number of aryl methyl sites for hydroxylation is 2. The van der Waals surface area contributed by atoms with Crippen LogP contribution in [0.3, 0.4) is 0 Å². The molecule has 0 saturated carbocycles. The van der Waals surface area contributed by atoms with E-state index in [0.29, 0.717) is 12.1 Å². The van der Waals surface area contributed by atoms with Gasteiger partial charge in [0.1, 0.15) is 10.7 Å². The number of ketones is 1. The normalized spacial score (nSPS) is 10.8. The van der Waals surface area contributed by atoms with E-state index in [0.717, 1.165) is 22.0 Å². The molecule has 0 unspecified atom stereocenters. The van der Waals surface area contributed by atoms with Crippen molar-refractivity contribution in [2.75, 3.05) is 0 Å². The van der Waals surface area contributed by atoms with Gasteiger partial charge in [-0.25, -0.2) is 4.98 Å². The minimum Gasteiger partial charge on any atom is -0.292 e. The number of nitrogens with zero attached hydrogens (tertiary/aromatic N) is 3. The predicted molar refractivity (Wildman–Crippen MR) is 83.5 cm³/mol. The van der Waals surface area contributed by atoms with Gasteiger partial charge in [0, 0.05) is 18.0 Å². The maximum Gasteiger partial charge on any atom is 0.187 e. The fraction of sp³-hybridized carbons (Fsp3) is 0.188. The van der Waals surface area contributed by atoms with Gasteiger partial charge in [-0.15, -0.1) is 11.3 Å². The molecular weight excluding hydrogens is 282 g/mol. The first-order valence-corrected chi connectivity index (χ1v) is 7.55. The number of benzene rings is 1. The van der Waals surface area contributed by atoms with Crippen LogP contribution in [0.2, 0.25) is 0 Å². The van der Waals surface area contributed by atoms with E-state index in [4.69, 9.17) is 0 Å². The maximum atomic E-state index is 12.3. The highest BCUT2D eigenvalue weighted by Gasteiger charge is 2.15. The zero-order valence-corrected chi connectivity index (χ0v) is 12.7. The van der Waals surface area contributed by atoms with E-state index in [1.54, 1.807) is 11.7 Å². The number of aromatic nitrogens is 3. The average molecular weight is 297 g/mol. The highest BCUT2D eigenvalue weighted by Crippen LogP contribution is 2.22. The molecule has 3 aromatic rings. The summed E-state index contributed by atoms with van der Waals surface area (Å²) in [6.07, 6.45) is 0.316. The first-order chi connectivity index (χ1) is 10.1. The fourth-order valence-electron chi connectivity index (χ4n) is 2.23. The lowest BCUT2D eigenvalue weighted by atomic mass is 10.2. The molecule has 0 saturated heterocycles. The number of carbonyl (C=O) groups excluding carboxylic acids is 1. The summed E-state index contributed by atoms with van der Waals surface area (Å²) in [5.41, 5.74) is 3.47. The van der Waals surface area contributed by atoms with Gasteiger partial charge in [0.25, 0.3) is 0 Å². The van der Waals surface area contributed by atoms with Crippen LogP contribution in [0.1, 0.15) is 21.2 Å². The van der Waals surface area contributed by atoms with E-state index in [-0.39, 0.29) is 5.78 Å². The molecule has 2 heterocycles. The Balaban J connectivity index is 1.79. The molecule has 0 atom stereocenters. The molecule has 2 aromatic heterocycles. The van der Waals surface area contributed by atoms with Crippen molar-refractivity contribution >= 4 is 17.1 Å². The van der Waals surface area contributed by atoms with Crippen LogP contribution in [0.5, 0.6) is 0 Å². The molecule has 0 bridgehead atoms. The van der Waals surface area contributed by atoms with Crippen LogP contribution in [0.4, 0.5) is 0 Å². The standard InChI is InChI=1S/C16H15N3OS/c1-11-8-14(19(2)18-11)15(20)9-16-17-13(10-21-16)12-6-4-3-5-7-12/h3-8,10H,9H2,1-2H3. The molecule has 0 N–H and O–H groups in total. The summed E-state index contributed by atoms with van der Waals surface area (Å²) in [5, 5.41) is 7.03. The molecule has 0 aliphatic carbocycles. The zero-order valence-electron chi connectivity index (χ0n) is 11.9. The monoisotopic (exact) mass is 297 g/mol. The van der Waals surface area contributed by atoms with Crippen molar-refractivity contribution in [2.45, 2.75) is 13.3 Å². The van der Waals surface area contributed by atoms with Crippen molar-refractivity contribution in [3.05, 3.63) is 58.2 Å². The molecule has 0 fully saturated rings. The van der Waals surface area contributed by atoms with Crippen molar-refractivity contribution in [1.29, 1.82) is 0 Å². The Bertz CT molecular complexity index is 774. The number of rotatable bonds is 4. The molecule has 3 rings (SSSR count). The summed E-state index contributed by atoms with van der Waals surface area (Å²) < 4.78 is 1.63. The molecule has 0 radical (unpaired) electrons. The zero-order chi connectivity index (χ0) is 14.8. The Hall–Kier alpha value is -2.27.